The lowest BCUT2D eigenvalue weighted by Crippen LogP contribution is -2.30. The van der Waals surface area contributed by atoms with Crippen LogP contribution in [0.2, 0.25) is 0 Å². The molecule has 27 heavy (non-hydrogen) atoms. The molecule has 8 heteroatoms. The Morgan fingerprint density at radius 2 is 1.67 bits per heavy atom. The fraction of sp³-hybridized carbons (Fsp3) is 0. The van der Waals surface area contributed by atoms with Crippen LogP contribution in [0.4, 0.5) is 4.39 Å². The van der Waals surface area contributed by atoms with E-state index < -0.39 is 21.7 Å². The Bertz CT molecular complexity index is 1080. The third-order valence-corrected chi connectivity index (χ3v) is 5.38. The predicted octanol–water partition coefficient (Wildman–Crippen LogP) is 4.50. The lowest BCUT2D eigenvalue weighted by molar-refractivity contribution is 0.0979. The Labute approximate surface area is 164 Å². The molecule has 3 aromatic carbocycles. The van der Waals surface area contributed by atoms with Crippen molar-refractivity contribution in [1.82, 2.24) is 4.72 Å². The van der Waals surface area contributed by atoms with Crippen LogP contribution in [0.25, 0.3) is 0 Å². The SMILES string of the molecule is O=C(NS(=O)(=O)c1ccc(Br)cc1)c1ccccc1Oc1cccc(F)c1. The number of amides is 1. The van der Waals surface area contributed by atoms with Crippen LogP contribution in [-0.4, -0.2) is 14.3 Å². The quantitative estimate of drug-likeness (QED) is 0.622. The molecule has 0 fully saturated rings. The molecule has 0 saturated heterocycles. The highest BCUT2D eigenvalue weighted by atomic mass is 79.9. The van der Waals surface area contributed by atoms with Crippen LogP contribution in [0.1, 0.15) is 10.4 Å². The average molecular weight is 450 g/mol. The number of rotatable bonds is 5. The molecule has 0 atom stereocenters. The van der Waals surface area contributed by atoms with Gasteiger partial charge in [-0.3, -0.25) is 4.79 Å². The molecule has 0 spiro atoms. The molecule has 0 aliphatic carbocycles. The van der Waals surface area contributed by atoms with E-state index in [4.69, 9.17) is 4.74 Å². The monoisotopic (exact) mass is 449 g/mol. The van der Waals surface area contributed by atoms with E-state index in [-0.39, 0.29) is 22.0 Å². The van der Waals surface area contributed by atoms with Gasteiger partial charge in [0.1, 0.15) is 17.3 Å². The van der Waals surface area contributed by atoms with Gasteiger partial charge in [0.2, 0.25) is 0 Å². The van der Waals surface area contributed by atoms with Gasteiger partial charge in [0.15, 0.2) is 0 Å². The fourth-order valence-electron chi connectivity index (χ4n) is 2.25. The van der Waals surface area contributed by atoms with E-state index in [0.29, 0.717) is 4.47 Å². The van der Waals surface area contributed by atoms with Crippen LogP contribution in [0.15, 0.2) is 82.2 Å². The van der Waals surface area contributed by atoms with Gasteiger partial charge in [0.25, 0.3) is 15.9 Å². The summed E-state index contributed by atoms with van der Waals surface area (Å²) in [5.41, 5.74) is 0.00227. The first-order valence-corrected chi connectivity index (χ1v) is 9.98. The summed E-state index contributed by atoms with van der Waals surface area (Å²) in [7, 11) is -4.06. The lowest BCUT2D eigenvalue weighted by atomic mass is 10.2. The van der Waals surface area contributed by atoms with E-state index >= 15 is 0 Å². The summed E-state index contributed by atoms with van der Waals surface area (Å²) in [5.74, 6) is -1.06. The number of carbonyl (C=O) groups excluding carboxylic acids is 1. The molecular weight excluding hydrogens is 437 g/mol. The Kier molecular flexibility index (Phi) is 5.57. The summed E-state index contributed by atoms with van der Waals surface area (Å²) in [6, 6.07) is 17.4. The van der Waals surface area contributed by atoms with Gasteiger partial charge < -0.3 is 4.74 Å². The molecule has 3 aromatic rings. The van der Waals surface area contributed by atoms with Crippen LogP contribution in [0, 0.1) is 5.82 Å². The lowest BCUT2D eigenvalue weighted by Gasteiger charge is -2.12. The number of hydrogen-bond acceptors (Lipinski definition) is 4. The first-order valence-electron chi connectivity index (χ1n) is 7.70. The van der Waals surface area contributed by atoms with Crippen LogP contribution < -0.4 is 9.46 Å². The van der Waals surface area contributed by atoms with Crippen LogP contribution >= 0.6 is 15.9 Å². The van der Waals surface area contributed by atoms with Crippen LogP contribution in [-0.2, 0) is 10.0 Å². The summed E-state index contributed by atoms with van der Waals surface area (Å²) in [6.45, 7) is 0. The highest BCUT2D eigenvalue weighted by molar-refractivity contribution is 9.10. The third kappa shape index (κ3) is 4.72. The largest absolute Gasteiger partial charge is 0.456 e. The highest BCUT2D eigenvalue weighted by Crippen LogP contribution is 2.26. The van der Waals surface area contributed by atoms with E-state index in [0.717, 1.165) is 6.07 Å². The molecule has 1 amide bonds. The zero-order valence-electron chi connectivity index (χ0n) is 13.7. The number of benzene rings is 3. The second kappa shape index (κ2) is 7.89. The van der Waals surface area contributed by atoms with Crippen molar-refractivity contribution in [2.75, 3.05) is 0 Å². The van der Waals surface area contributed by atoms with Crippen molar-refractivity contribution in [1.29, 1.82) is 0 Å². The van der Waals surface area contributed by atoms with Crippen molar-refractivity contribution in [2.24, 2.45) is 0 Å². The standard InChI is InChI=1S/C19H13BrFNO4S/c20-13-8-10-16(11-9-13)27(24,25)22-19(23)17-6-1-2-7-18(17)26-15-5-3-4-14(21)12-15/h1-12H,(H,22,23). The maximum absolute atomic E-state index is 13.3. The summed E-state index contributed by atoms with van der Waals surface area (Å²) < 4.78 is 46.4. The minimum atomic E-state index is -4.06. The number of nitrogens with one attached hydrogen (secondary N) is 1. The van der Waals surface area contributed by atoms with Gasteiger partial charge in [-0.25, -0.2) is 17.5 Å². The van der Waals surface area contributed by atoms with Crippen LogP contribution in [0.5, 0.6) is 11.5 Å². The molecule has 0 unspecified atom stereocenters. The van der Waals surface area contributed by atoms with E-state index in [2.05, 4.69) is 15.9 Å². The molecule has 0 aliphatic heterocycles. The summed E-state index contributed by atoms with van der Waals surface area (Å²) in [4.78, 5) is 12.5. The molecule has 0 aliphatic rings. The first kappa shape index (κ1) is 19.1. The Morgan fingerprint density at radius 1 is 0.963 bits per heavy atom. The minimum absolute atomic E-state index is 0.00227. The average Bonchev–Trinajstić information content (AvgIpc) is 2.62. The number of ether oxygens (including phenoxy) is 1. The van der Waals surface area contributed by atoms with Crippen molar-refractivity contribution in [3.63, 3.8) is 0 Å². The zero-order chi connectivity index (χ0) is 19.4. The van der Waals surface area contributed by atoms with E-state index in [9.17, 15) is 17.6 Å². The molecule has 3 rings (SSSR count). The Morgan fingerprint density at radius 3 is 2.37 bits per heavy atom. The number of para-hydroxylation sites is 1. The van der Waals surface area contributed by atoms with Crippen molar-refractivity contribution in [3.8, 4) is 11.5 Å². The molecule has 0 saturated carbocycles. The number of carbonyl (C=O) groups is 1. The van der Waals surface area contributed by atoms with E-state index in [1.165, 1.54) is 42.5 Å². The van der Waals surface area contributed by atoms with Gasteiger partial charge in [0, 0.05) is 10.5 Å². The summed E-state index contributed by atoms with van der Waals surface area (Å²) in [5, 5.41) is 0. The second-order valence-electron chi connectivity index (χ2n) is 5.44. The highest BCUT2D eigenvalue weighted by Gasteiger charge is 2.21. The molecular formula is C19H13BrFNO4S. The van der Waals surface area contributed by atoms with Gasteiger partial charge in [-0.2, -0.15) is 0 Å². The molecule has 0 radical (unpaired) electrons. The Balaban J connectivity index is 1.86. The zero-order valence-corrected chi connectivity index (χ0v) is 16.1. The maximum atomic E-state index is 13.3. The maximum Gasteiger partial charge on any atom is 0.268 e. The van der Waals surface area contributed by atoms with Gasteiger partial charge >= 0.3 is 0 Å². The molecule has 5 nitrogen and oxygen atoms in total. The van der Waals surface area contributed by atoms with Crippen LogP contribution in [0.3, 0.4) is 0 Å². The smallest absolute Gasteiger partial charge is 0.268 e. The molecule has 0 aromatic heterocycles. The van der Waals surface area contributed by atoms with Gasteiger partial charge in [-0.1, -0.05) is 34.1 Å². The minimum Gasteiger partial charge on any atom is -0.456 e. The summed E-state index contributed by atoms with van der Waals surface area (Å²) in [6.07, 6.45) is 0. The topological polar surface area (TPSA) is 72.5 Å². The number of halogens is 2. The van der Waals surface area contributed by atoms with Crippen molar-refractivity contribution in [3.05, 3.63) is 88.6 Å². The van der Waals surface area contributed by atoms with E-state index in [1.807, 2.05) is 4.72 Å². The fourth-order valence-corrected chi connectivity index (χ4v) is 3.48. The Hall–Kier alpha value is -2.71. The van der Waals surface area contributed by atoms with Crippen molar-refractivity contribution < 1.29 is 22.3 Å². The summed E-state index contributed by atoms with van der Waals surface area (Å²) >= 11 is 3.22. The normalized spacial score (nSPS) is 11.0. The van der Waals surface area contributed by atoms with Gasteiger partial charge in [-0.15, -0.1) is 0 Å². The van der Waals surface area contributed by atoms with Gasteiger partial charge in [-0.05, 0) is 48.5 Å². The molecule has 0 bridgehead atoms. The predicted molar refractivity (Wildman–Crippen MR) is 102 cm³/mol. The number of hydrogen-bond donors (Lipinski definition) is 1. The van der Waals surface area contributed by atoms with Gasteiger partial charge in [0.05, 0.1) is 10.5 Å². The molecule has 0 heterocycles. The molecule has 138 valence electrons. The number of sulfonamides is 1. The second-order valence-corrected chi connectivity index (χ2v) is 8.04. The van der Waals surface area contributed by atoms with Crippen molar-refractivity contribution >= 4 is 31.9 Å². The first-order chi connectivity index (χ1) is 12.8. The van der Waals surface area contributed by atoms with E-state index in [1.54, 1.807) is 24.3 Å². The molecule has 1 N–H and O–H groups in total. The van der Waals surface area contributed by atoms with Crippen molar-refractivity contribution in [2.45, 2.75) is 4.90 Å². The third-order valence-electron chi connectivity index (χ3n) is 3.51.